The van der Waals surface area contributed by atoms with Crippen LogP contribution >= 0.6 is 0 Å². The Balaban J connectivity index is 1.82. The second kappa shape index (κ2) is 10.6. The zero-order valence-corrected chi connectivity index (χ0v) is 15.4. The van der Waals surface area contributed by atoms with Crippen LogP contribution in [0.15, 0.2) is 30.3 Å². The molecule has 9 heteroatoms. The van der Waals surface area contributed by atoms with E-state index in [9.17, 15) is 23.2 Å². The maximum atomic E-state index is 12.5. The van der Waals surface area contributed by atoms with Gasteiger partial charge in [-0.05, 0) is 25.0 Å². The van der Waals surface area contributed by atoms with Gasteiger partial charge in [-0.1, -0.05) is 18.2 Å². The van der Waals surface area contributed by atoms with Crippen LogP contribution in [0.2, 0.25) is 0 Å². The van der Waals surface area contributed by atoms with Gasteiger partial charge < -0.3 is 20.1 Å². The first-order valence-electron chi connectivity index (χ1n) is 9.13. The molecular formula is C19H24F2N2O5. The second-order valence-corrected chi connectivity index (χ2v) is 6.62. The molecule has 28 heavy (non-hydrogen) atoms. The van der Waals surface area contributed by atoms with E-state index in [1.165, 1.54) is 4.90 Å². The number of likely N-dealkylation sites (tertiary alicyclic amines) is 1. The molecule has 154 valence electrons. The molecule has 1 aromatic rings. The Morgan fingerprint density at radius 1 is 1.25 bits per heavy atom. The molecule has 0 aliphatic carbocycles. The van der Waals surface area contributed by atoms with Crippen LogP contribution in [0, 0.1) is 5.92 Å². The van der Waals surface area contributed by atoms with Crippen LogP contribution in [0.1, 0.15) is 25.7 Å². The maximum Gasteiger partial charge on any atom is 0.326 e. The quantitative estimate of drug-likeness (QED) is 0.663. The highest BCUT2D eigenvalue weighted by atomic mass is 19.3. The van der Waals surface area contributed by atoms with Crippen LogP contribution in [0.4, 0.5) is 8.78 Å². The van der Waals surface area contributed by atoms with Crippen LogP contribution < -0.4 is 10.1 Å². The summed E-state index contributed by atoms with van der Waals surface area (Å²) in [5, 5.41) is 11.1. The van der Waals surface area contributed by atoms with E-state index in [0.29, 0.717) is 25.1 Å². The lowest BCUT2D eigenvalue weighted by molar-refractivity contribution is -0.145. The standard InChI is InChI=1S/C19H24F2N2O5/c20-16(21)11-15(19(26)27)22-18(25)13-5-4-9-23(12-13)17(24)8-10-28-14-6-2-1-3-7-14/h1-3,6-7,13,15-16H,4-5,8-12H2,(H,22,25)(H,26,27). The third-order valence-corrected chi connectivity index (χ3v) is 4.50. The van der Waals surface area contributed by atoms with Crippen molar-refractivity contribution in [1.29, 1.82) is 0 Å². The van der Waals surface area contributed by atoms with E-state index in [0.717, 1.165) is 0 Å². The first-order valence-corrected chi connectivity index (χ1v) is 9.13. The van der Waals surface area contributed by atoms with Gasteiger partial charge in [0.25, 0.3) is 0 Å². The van der Waals surface area contributed by atoms with Crippen LogP contribution in [-0.2, 0) is 14.4 Å². The fourth-order valence-corrected chi connectivity index (χ4v) is 3.04. The third-order valence-electron chi connectivity index (χ3n) is 4.50. The smallest absolute Gasteiger partial charge is 0.326 e. The number of carbonyl (C=O) groups is 3. The summed E-state index contributed by atoms with van der Waals surface area (Å²) < 4.78 is 30.4. The first kappa shape index (κ1) is 21.6. The predicted octanol–water partition coefficient (Wildman–Crippen LogP) is 1.92. The normalized spacial score (nSPS) is 17.8. The number of amides is 2. The summed E-state index contributed by atoms with van der Waals surface area (Å²) >= 11 is 0. The van der Waals surface area contributed by atoms with Gasteiger partial charge in [-0.25, -0.2) is 13.6 Å². The van der Waals surface area contributed by atoms with E-state index in [2.05, 4.69) is 5.32 Å². The number of aliphatic carboxylic acids is 1. The van der Waals surface area contributed by atoms with Crippen LogP contribution in [0.25, 0.3) is 0 Å². The monoisotopic (exact) mass is 398 g/mol. The topological polar surface area (TPSA) is 95.9 Å². The van der Waals surface area contributed by atoms with Gasteiger partial charge >= 0.3 is 5.97 Å². The number of hydrogen-bond acceptors (Lipinski definition) is 4. The number of ether oxygens (including phenoxy) is 1. The Morgan fingerprint density at radius 3 is 2.61 bits per heavy atom. The van der Waals surface area contributed by atoms with Crippen molar-refractivity contribution in [2.24, 2.45) is 5.92 Å². The lowest BCUT2D eigenvalue weighted by Gasteiger charge is -2.32. The Kier molecular flexibility index (Phi) is 8.16. The third kappa shape index (κ3) is 6.79. The van der Waals surface area contributed by atoms with Gasteiger partial charge in [0.1, 0.15) is 11.8 Å². The molecule has 1 fully saturated rings. The minimum Gasteiger partial charge on any atom is -0.493 e. The molecule has 2 atom stereocenters. The van der Waals surface area contributed by atoms with E-state index in [-0.39, 0.29) is 25.5 Å². The fourth-order valence-electron chi connectivity index (χ4n) is 3.04. The molecule has 1 heterocycles. The number of nitrogens with zero attached hydrogens (tertiary/aromatic N) is 1. The molecule has 2 unspecified atom stereocenters. The van der Waals surface area contributed by atoms with Crippen LogP contribution in [-0.4, -0.2) is 60.0 Å². The Morgan fingerprint density at radius 2 is 1.96 bits per heavy atom. The molecule has 1 saturated heterocycles. The molecule has 2 rings (SSSR count). The van der Waals surface area contributed by atoms with Gasteiger partial charge in [0, 0.05) is 19.5 Å². The Labute approximate surface area is 161 Å². The van der Waals surface area contributed by atoms with Crippen molar-refractivity contribution in [3.05, 3.63) is 30.3 Å². The zero-order chi connectivity index (χ0) is 20.5. The molecule has 2 N–H and O–H groups in total. The van der Waals surface area contributed by atoms with Crippen molar-refractivity contribution >= 4 is 17.8 Å². The molecule has 0 bridgehead atoms. The summed E-state index contributed by atoms with van der Waals surface area (Å²) in [4.78, 5) is 37.2. The van der Waals surface area contributed by atoms with Crippen molar-refractivity contribution in [2.45, 2.75) is 38.2 Å². The average Bonchev–Trinajstić information content (AvgIpc) is 2.67. The number of carbonyl (C=O) groups excluding carboxylic acids is 2. The van der Waals surface area contributed by atoms with Crippen molar-refractivity contribution in [3.63, 3.8) is 0 Å². The van der Waals surface area contributed by atoms with Gasteiger partial charge in [0.15, 0.2) is 0 Å². The first-order chi connectivity index (χ1) is 13.4. The molecular weight excluding hydrogens is 374 g/mol. The highest BCUT2D eigenvalue weighted by Crippen LogP contribution is 2.18. The second-order valence-electron chi connectivity index (χ2n) is 6.62. The van der Waals surface area contributed by atoms with Crippen LogP contribution in [0.5, 0.6) is 5.75 Å². The largest absolute Gasteiger partial charge is 0.493 e. The molecule has 0 radical (unpaired) electrons. The zero-order valence-electron chi connectivity index (χ0n) is 15.4. The molecule has 1 aromatic carbocycles. The molecule has 1 aliphatic heterocycles. The minimum atomic E-state index is -2.84. The summed E-state index contributed by atoms with van der Waals surface area (Å²) in [5.41, 5.74) is 0. The van der Waals surface area contributed by atoms with E-state index >= 15 is 0 Å². The van der Waals surface area contributed by atoms with E-state index in [4.69, 9.17) is 9.84 Å². The number of nitrogens with one attached hydrogen (secondary N) is 1. The number of piperidine rings is 1. The maximum absolute atomic E-state index is 12.5. The van der Waals surface area contributed by atoms with Crippen LogP contribution in [0.3, 0.4) is 0 Å². The summed E-state index contributed by atoms with van der Waals surface area (Å²) in [6, 6.07) is 7.42. The van der Waals surface area contributed by atoms with Crippen molar-refractivity contribution < 1.29 is 33.0 Å². The van der Waals surface area contributed by atoms with Gasteiger partial charge in [0.2, 0.25) is 18.2 Å². The Hall–Kier alpha value is -2.71. The minimum absolute atomic E-state index is 0.136. The summed E-state index contributed by atoms with van der Waals surface area (Å²) in [7, 11) is 0. The highest BCUT2D eigenvalue weighted by Gasteiger charge is 2.31. The number of halogens is 2. The number of carboxylic acids is 1. The van der Waals surface area contributed by atoms with Crippen molar-refractivity contribution in [2.75, 3.05) is 19.7 Å². The van der Waals surface area contributed by atoms with E-state index in [1.54, 1.807) is 12.1 Å². The van der Waals surface area contributed by atoms with Gasteiger partial charge in [-0.15, -0.1) is 0 Å². The summed E-state index contributed by atoms with van der Waals surface area (Å²) in [6.07, 6.45) is -2.59. The summed E-state index contributed by atoms with van der Waals surface area (Å²) in [6.45, 7) is 0.829. The number of benzene rings is 1. The summed E-state index contributed by atoms with van der Waals surface area (Å²) in [5.74, 6) is -2.26. The Bertz CT molecular complexity index is 672. The van der Waals surface area contributed by atoms with E-state index < -0.39 is 36.7 Å². The highest BCUT2D eigenvalue weighted by molar-refractivity contribution is 5.86. The van der Waals surface area contributed by atoms with Gasteiger partial charge in [-0.3, -0.25) is 9.59 Å². The molecule has 0 saturated carbocycles. The van der Waals surface area contributed by atoms with Gasteiger partial charge in [0.05, 0.1) is 18.9 Å². The molecule has 7 nitrogen and oxygen atoms in total. The number of hydrogen-bond donors (Lipinski definition) is 2. The van der Waals surface area contributed by atoms with Crippen molar-refractivity contribution in [1.82, 2.24) is 10.2 Å². The molecule has 0 spiro atoms. The molecule has 0 aromatic heterocycles. The average molecular weight is 398 g/mol. The molecule has 2 amide bonds. The van der Waals surface area contributed by atoms with Crippen molar-refractivity contribution in [3.8, 4) is 5.75 Å². The molecule has 1 aliphatic rings. The number of alkyl halides is 2. The SMILES string of the molecule is O=C(NC(CC(F)F)C(=O)O)C1CCCN(C(=O)CCOc2ccccc2)C1. The number of carboxylic acid groups (broad SMARTS) is 1. The number of para-hydroxylation sites is 1. The van der Waals surface area contributed by atoms with Gasteiger partial charge in [-0.2, -0.15) is 0 Å². The van der Waals surface area contributed by atoms with E-state index in [1.807, 2.05) is 18.2 Å². The lowest BCUT2D eigenvalue weighted by atomic mass is 9.96. The fraction of sp³-hybridized carbons (Fsp3) is 0.526. The predicted molar refractivity (Wildman–Crippen MR) is 96.0 cm³/mol. The number of rotatable bonds is 9. The lowest BCUT2D eigenvalue weighted by Crippen LogP contribution is -2.50.